The van der Waals surface area contributed by atoms with Gasteiger partial charge in [-0.15, -0.1) is 0 Å². The fraction of sp³-hybridized carbons (Fsp3) is 0.0833. The topological polar surface area (TPSA) is 80.3 Å². The van der Waals surface area contributed by atoms with E-state index in [9.17, 15) is 19.8 Å². The third-order valence-corrected chi connectivity index (χ3v) is 4.61. The maximum absolute atomic E-state index is 10.7. The molecule has 0 atom stereocenters. The molecule has 140 valence electrons. The van der Waals surface area contributed by atoms with Crippen molar-refractivity contribution in [2.75, 3.05) is 0 Å². The molecule has 0 spiro atoms. The summed E-state index contributed by atoms with van der Waals surface area (Å²) >= 11 is 0. The molecule has 4 aromatic carbocycles. The molecule has 4 rings (SSSR count). The number of hydrogen-bond donors (Lipinski definition) is 0. The van der Waals surface area contributed by atoms with Crippen molar-refractivity contribution in [1.82, 2.24) is 0 Å². The Morgan fingerprint density at radius 1 is 0.621 bits per heavy atom. The molecule has 0 bridgehead atoms. The first kappa shape index (κ1) is 22.3. The number of carboxylic acid groups (broad SMARTS) is 2. The van der Waals surface area contributed by atoms with Gasteiger partial charge in [-0.2, -0.15) is 0 Å². The molecule has 5 heteroatoms. The zero-order valence-electron chi connectivity index (χ0n) is 16.3. The van der Waals surface area contributed by atoms with Crippen LogP contribution >= 0.6 is 0 Å². The van der Waals surface area contributed by atoms with Gasteiger partial charge in [-0.3, -0.25) is 0 Å². The van der Waals surface area contributed by atoms with Gasteiger partial charge in [0.1, 0.15) is 0 Å². The van der Waals surface area contributed by atoms with Crippen LogP contribution in [0.5, 0.6) is 0 Å². The first-order chi connectivity index (χ1) is 13.4. The number of aryl methyl sites for hydroxylation is 2. The van der Waals surface area contributed by atoms with E-state index in [4.69, 9.17) is 0 Å². The predicted molar refractivity (Wildman–Crippen MR) is 106 cm³/mol. The second kappa shape index (κ2) is 9.44. The molecule has 0 amide bonds. The molecule has 0 radical (unpaired) electrons. The van der Waals surface area contributed by atoms with E-state index in [1.807, 2.05) is 62.4 Å². The van der Waals surface area contributed by atoms with E-state index in [0.717, 1.165) is 32.7 Å². The van der Waals surface area contributed by atoms with Crippen LogP contribution in [0.3, 0.4) is 0 Å². The molecule has 4 aromatic rings. The molecule has 0 aromatic heterocycles. The van der Waals surface area contributed by atoms with Crippen LogP contribution in [0.25, 0.3) is 21.5 Å². The standard InChI is InChI=1S/2C12H10O2.Zn/c2*1-8-6-10(12(13)14)7-9-4-2-3-5-11(8)9;/h2*2-7H,1H3,(H,13,14);/q;;+2/p-2. The predicted octanol–water partition coefficient (Wildman–Crippen LogP) is 3.02. The molecule has 0 N–H and O–H groups in total. The van der Waals surface area contributed by atoms with Gasteiger partial charge in [0, 0.05) is 0 Å². The van der Waals surface area contributed by atoms with E-state index < -0.39 is 11.9 Å². The van der Waals surface area contributed by atoms with E-state index in [2.05, 4.69) is 0 Å². The van der Waals surface area contributed by atoms with Gasteiger partial charge in [0.05, 0.1) is 11.9 Å². The molecule has 0 aliphatic carbocycles. The summed E-state index contributed by atoms with van der Waals surface area (Å²) in [5.41, 5.74) is 2.40. The summed E-state index contributed by atoms with van der Waals surface area (Å²) in [6.07, 6.45) is 0. The minimum atomic E-state index is -1.13. The van der Waals surface area contributed by atoms with Crippen molar-refractivity contribution in [2.45, 2.75) is 13.8 Å². The number of benzene rings is 4. The Labute approximate surface area is 181 Å². The summed E-state index contributed by atoms with van der Waals surface area (Å²) in [5, 5.41) is 25.4. The van der Waals surface area contributed by atoms with Crippen LogP contribution in [-0.2, 0) is 19.5 Å². The van der Waals surface area contributed by atoms with Crippen molar-refractivity contribution < 1.29 is 39.3 Å². The first-order valence-electron chi connectivity index (χ1n) is 8.78. The maximum Gasteiger partial charge on any atom is 2.00 e. The number of rotatable bonds is 2. The number of aromatic carboxylic acids is 2. The first-order valence-corrected chi connectivity index (χ1v) is 8.78. The van der Waals surface area contributed by atoms with Crippen LogP contribution in [0.15, 0.2) is 72.8 Å². The van der Waals surface area contributed by atoms with Crippen LogP contribution in [0, 0.1) is 13.8 Å². The number of fused-ring (bicyclic) bond motifs is 2. The summed E-state index contributed by atoms with van der Waals surface area (Å²) in [7, 11) is 0. The third kappa shape index (κ3) is 5.07. The normalized spacial score (nSPS) is 10.0. The SMILES string of the molecule is Cc1cc(C(=O)[O-])cc2ccccc12.Cc1cc(C(=O)[O-])cc2ccccc12.[Zn+2]. The molecular formula is C24H18O4Zn. The Hall–Kier alpha value is -3.04. The third-order valence-electron chi connectivity index (χ3n) is 4.61. The Morgan fingerprint density at radius 2 is 0.966 bits per heavy atom. The van der Waals surface area contributed by atoms with E-state index in [1.54, 1.807) is 24.3 Å². The summed E-state index contributed by atoms with van der Waals surface area (Å²) in [6, 6.07) is 21.9. The number of carbonyl (C=O) groups is 2. The van der Waals surface area contributed by atoms with Crippen molar-refractivity contribution in [3.05, 3.63) is 95.1 Å². The van der Waals surface area contributed by atoms with Crippen LogP contribution in [-0.4, -0.2) is 11.9 Å². The Morgan fingerprint density at radius 3 is 1.31 bits per heavy atom. The molecule has 0 saturated carbocycles. The molecule has 0 saturated heterocycles. The molecule has 0 aliphatic rings. The van der Waals surface area contributed by atoms with Gasteiger partial charge in [0.15, 0.2) is 0 Å². The zero-order chi connectivity index (χ0) is 20.3. The maximum atomic E-state index is 10.7. The fourth-order valence-corrected chi connectivity index (χ4v) is 3.24. The molecular weight excluding hydrogens is 418 g/mol. The summed E-state index contributed by atoms with van der Waals surface area (Å²) in [4.78, 5) is 21.4. The minimum absolute atomic E-state index is 0. The van der Waals surface area contributed by atoms with Crippen molar-refractivity contribution in [3.63, 3.8) is 0 Å². The van der Waals surface area contributed by atoms with Crippen molar-refractivity contribution in [2.24, 2.45) is 0 Å². The average Bonchev–Trinajstić information content (AvgIpc) is 2.68. The van der Waals surface area contributed by atoms with Gasteiger partial charge in [-0.05, 0) is 81.9 Å². The van der Waals surface area contributed by atoms with Crippen molar-refractivity contribution in [3.8, 4) is 0 Å². The second-order valence-electron chi connectivity index (χ2n) is 6.60. The smallest absolute Gasteiger partial charge is 0.545 e. The zero-order valence-corrected chi connectivity index (χ0v) is 19.2. The van der Waals surface area contributed by atoms with Crippen LogP contribution in [0.2, 0.25) is 0 Å². The van der Waals surface area contributed by atoms with E-state index in [-0.39, 0.29) is 30.6 Å². The Kier molecular flexibility index (Phi) is 7.25. The molecule has 4 nitrogen and oxygen atoms in total. The molecule has 0 aliphatic heterocycles. The van der Waals surface area contributed by atoms with Gasteiger partial charge in [0.25, 0.3) is 0 Å². The van der Waals surface area contributed by atoms with Gasteiger partial charge in [-0.25, -0.2) is 0 Å². The van der Waals surface area contributed by atoms with Crippen LogP contribution < -0.4 is 10.2 Å². The average molecular weight is 436 g/mol. The van der Waals surface area contributed by atoms with E-state index in [0.29, 0.717) is 0 Å². The minimum Gasteiger partial charge on any atom is -0.545 e. The Balaban J connectivity index is 0.000000200. The van der Waals surface area contributed by atoms with E-state index in [1.165, 1.54) is 0 Å². The number of carboxylic acids is 2. The quantitative estimate of drug-likeness (QED) is 0.453. The van der Waals surface area contributed by atoms with Gasteiger partial charge < -0.3 is 19.8 Å². The fourth-order valence-electron chi connectivity index (χ4n) is 3.24. The number of carbonyl (C=O) groups excluding carboxylic acids is 2. The molecule has 29 heavy (non-hydrogen) atoms. The van der Waals surface area contributed by atoms with Crippen molar-refractivity contribution >= 4 is 33.5 Å². The summed E-state index contributed by atoms with van der Waals surface area (Å²) in [6.45, 7) is 3.80. The molecule has 0 fully saturated rings. The number of hydrogen-bond acceptors (Lipinski definition) is 4. The van der Waals surface area contributed by atoms with Gasteiger partial charge >= 0.3 is 19.5 Å². The molecule has 0 heterocycles. The largest absolute Gasteiger partial charge is 2.00 e. The van der Waals surface area contributed by atoms with Crippen LogP contribution in [0.1, 0.15) is 31.8 Å². The summed E-state index contributed by atoms with van der Waals surface area (Å²) < 4.78 is 0. The summed E-state index contributed by atoms with van der Waals surface area (Å²) in [5.74, 6) is -2.25. The Bertz CT molecular complexity index is 1100. The molecule has 0 unspecified atom stereocenters. The second-order valence-corrected chi connectivity index (χ2v) is 6.60. The van der Waals surface area contributed by atoms with Gasteiger partial charge in [0.2, 0.25) is 0 Å². The van der Waals surface area contributed by atoms with Gasteiger partial charge in [-0.1, -0.05) is 48.5 Å². The van der Waals surface area contributed by atoms with Crippen molar-refractivity contribution in [1.29, 1.82) is 0 Å². The monoisotopic (exact) mass is 434 g/mol. The van der Waals surface area contributed by atoms with Crippen LogP contribution in [0.4, 0.5) is 0 Å². The van der Waals surface area contributed by atoms with E-state index >= 15 is 0 Å².